The fourth-order valence-corrected chi connectivity index (χ4v) is 2.00. The molecule has 2 rings (SSSR count). The number of allylic oxidation sites excluding steroid dienone is 8. The van der Waals surface area contributed by atoms with Crippen molar-refractivity contribution >= 4 is 0 Å². The van der Waals surface area contributed by atoms with Crippen LogP contribution in [0.2, 0.25) is 0 Å². The second kappa shape index (κ2) is 7.08. The molecule has 0 aliphatic heterocycles. The van der Waals surface area contributed by atoms with E-state index in [1.165, 1.54) is 33.4 Å². The van der Waals surface area contributed by atoms with Crippen LogP contribution in [0.25, 0.3) is 0 Å². The van der Waals surface area contributed by atoms with Crippen LogP contribution in [-0.2, 0) is 18.6 Å². The zero-order valence-electron chi connectivity index (χ0n) is 11.9. The van der Waals surface area contributed by atoms with Crippen LogP contribution in [-0.4, -0.2) is 0 Å². The van der Waals surface area contributed by atoms with Gasteiger partial charge in [-0.15, -0.1) is 13.8 Å². The van der Waals surface area contributed by atoms with Crippen molar-refractivity contribution < 1.29 is 18.6 Å². The molecule has 2 aliphatic carbocycles. The molecule has 0 aromatic rings. The van der Waals surface area contributed by atoms with E-state index < -0.39 is 0 Å². The topological polar surface area (TPSA) is 0 Å². The zero-order chi connectivity index (χ0) is 12.3. The third-order valence-electron chi connectivity index (χ3n) is 3.14. The van der Waals surface area contributed by atoms with E-state index in [4.69, 9.17) is 0 Å². The third-order valence-corrected chi connectivity index (χ3v) is 3.14. The SMILES string of the molecule is CC1=[C-]C(C)=C(C)C1.CC1=[C-]C(C)=C(C)C1.[V+2]. The van der Waals surface area contributed by atoms with Gasteiger partial charge >= 0.3 is 18.6 Å². The minimum absolute atomic E-state index is 0. The summed E-state index contributed by atoms with van der Waals surface area (Å²) in [5.41, 5.74) is 8.37. The number of hydrogen-bond donors (Lipinski definition) is 0. The maximum Gasteiger partial charge on any atom is 2.00 e. The molecule has 0 aromatic heterocycles. The van der Waals surface area contributed by atoms with Crippen molar-refractivity contribution in [1.29, 1.82) is 0 Å². The molecule has 0 bridgehead atoms. The Hall–Kier alpha value is -0.456. The van der Waals surface area contributed by atoms with Crippen LogP contribution in [0.1, 0.15) is 54.4 Å². The maximum absolute atomic E-state index is 3.26. The van der Waals surface area contributed by atoms with Crippen LogP contribution in [0.15, 0.2) is 33.4 Å². The van der Waals surface area contributed by atoms with Crippen molar-refractivity contribution in [3.05, 3.63) is 45.6 Å². The monoisotopic (exact) mass is 265 g/mol. The Labute approximate surface area is 118 Å². The van der Waals surface area contributed by atoms with Crippen LogP contribution >= 0.6 is 0 Å². The van der Waals surface area contributed by atoms with Gasteiger partial charge in [0.2, 0.25) is 0 Å². The summed E-state index contributed by atoms with van der Waals surface area (Å²) < 4.78 is 0. The molecule has 0 nitrogen and oxygen atoms in total. The van der Waals surface area contributed by atoms with Gasteiger partial charge in [0, 0.05) is 0 Å². The van der Waals surface area contributed by atoms with Crippen LogP contribution in [0.4, 0.5) is 0 Å². The first-order valence-corrected chi connectivity index (χ1v) is 5.91. The zero-order valence-corrected chi connectivity index (χ0v) is 13.3. The molecule has 0 amide bonds. The molecule has 1 heteroatoms. The van der Waals surface area contributed by atoms with Crippen molar-refractivity contribution in [2.45, 2.75) is 54.4 Å². The largest absolute Gasteiger partial charge is 2.00 e. The quantitative estimate of drug-likeness (QED) is 0.544. The van der Waals surface area contributed by atoms with E-state index in [1.807, 2.05) is 0 Å². The molecule has 0 spiro atoms. The average molecular weight is 265 g/mol. The molecule has 1 radical (unpaired) electrons. The Balaban J connectivity index is 0.000000284. The Morgan fingerprint density at radius 1 is 0.647 bits per heavy atom. The van der Waals surface area contributed by atoms with E-state index in [-0.39, 0.29) is 18.6 Å². The molecule has 2 aliphatic rings. The van der Waals surface area contributed by atoms with Crippen LogP contribution < -0.4 is 0 Å². The minimum atomic E-state index is 0. The second-order valence-corrected chi connectivity index (χ2v) is 4.97. The molecule has 0 fully saturated rings. The first-order chi connectivity index (χ1) is 7.40. The van der Waals surface area contributed by atoms with Crippen molar-refractivity contribution in [3.63, 3.8) is 0 Å². The molecule has 17 heavy (non-hydrogen) atoms. The molecule has 0 heterocycles. The molecular formula is C16H22V. The van der Waals surface area contributed by atoms with E-state index in [2.05, 4.69) is 53.7 Å². The van der Waals surface area contributed by atoms with E-state index >= 15 is 0 Å². The summed E-state index contributed by atoms with van der Waals surface area (Å²) in [4.78, 5) is 0. The molecular weight excluding hydrogens is 243 g/mol. The Morgan fingerprint density at radius 2 is 0.941 bits per heavy atom. The summed E-state index contributed by atoms with van der Waals surface area (Å²) in [6.45, 7) is 12.8. The van der Waals surface area contributed by atoms with E-state index in [0.29, 0.717) is 0 Å². The molecule has 0 aromatic carbocycles. The molecule has 0 atom stereocenters. The summed E-state index contributed by atoms with van der Waals surface area (Å²) in [6, 6.07) is 0. The van der Waals surface area contributed by atoms with Crippen molar-refractivity contribution in [2.75, 3.05) is 0 Å². The Kier molecular flexibility index (Phi) is 6.89. The van der Waals surface area contributed by atoms with Crippen molar-refractivity contribution in [3.8, 4) is 0 Å². The standard InChI is InChI=1S/2C8H11.V/c2*1-6-4-7(2)8(3)5-6;/h2*4H2,1-3H3;/q2*-1;+2. The third kappa shape index (κ3) is 5.14. The first-order valence-electron chi connectivity index (χ1n) is 5.91. The van der Waals surface area contributed by atoms with E-state index in [1.54, 1.807) is 0 Å². The van der Waals surface area contributed by atoms with Gasteiger partial charge in [0.1, 0.15) is 0 Å². The van der Waals surface area contributed by atoms with Crippen LogP contribution in [0, 0.1) is 12.2 Å². The van der Waals surface area contributed by atoms with Gasteiger partial charge in [0.25, 0.3) is 0 Å². The van der Waals surface area contributed by atoms with E-state index in [0.717, 1.165) is 12.8 Å². The summed E-state index contributed by atoms with van der Waals surface area (Å²) in [7, 11) is 0. The Morgan fingerprint density at radius 3 is 1.00 bits per heavy atom. The first kappa shape index (κ1) is 16.5. The van der Waals surface area contributed by atoms with Crippen molar-refractivity contribution in [1.82, 2.24) is 0 Å². The predicted molar refractivity (Wildman–Crippen MR) is 70.8 cm³/mol. The number of rotatable bonds is 0. The second-order valence-electron chi connectivity index (χ2n) is 4.97. The molecule has 91 valence electrons. The maximum atomic E-state index is 3.26. The van der Waals surface area contributed by atoms with Gasteiger partial charge in [-0.05, 0) is 0 Å². The fourth-order valence-electron chi connectivity index (χ4n) is 2.00. The minimum Gasteiger partial charge on any atom is -0.250 e. The summed E-state index contributed by atoms with van der Waals surface area (Å²) >= 11 is 0. The number of hydrogen-bond acceptors (Lipinski definition) is 0. The van der Waals surface area contributed by atoms with Gasteiger partial charge in [-0.25, -0.2) is 34.4 Å². The predicted octanol–water partition coefficient (Wildman–Crippen LogP) is 4.95. The van der Waals surface area contributed by atoms with Gasteiger partial charge in [0.15, 0.2) is 0 Å². The summed E-state index contributed by atoms with van der Waals surface area (Å²) in [6.07, 6.45) is 8.81. The summed E-state index contributed by atoms with van der Waals surface area (Å²) in [5, 5.41) is 0. The average Bonchev–Trinajstić information content (AvgIpc) is 2.58. The van der Waals surface area contributed by atoms with Crippen LogP contribution in [0.5, 0.6) is 0 Å². The smallest absolute Gasteiger partial charge is 0.250 e. The summed E-state index contributed by atoms with van der Waals surface area (Å²) in [5.74, 6) is 0. The van der Waals surface area contributed by atoms with Gasteiger partial charge in [-0.3, -0.25) is 0 Å². The molecule has 0 saturated heterocycles. The van der Waals surface area contributed by atoms with E-state index in [9.17, 15) is 0 Å². The van der Waals surface area contributed by atoms with Crippen molar-refractivity contribution in [2.24, 2.45) is 0 Å². The molecule has 0 N–H and O–H groups in total. The molecule has 0 unspecified atom stereocenters. The van der Waals surface area contributed by atoms with Gasteiger partial charge < -0.3 is 0 Å². The molecule has 0 saturated carbocycles. The van der Waals surface area contributed by atoms with Gasteiger partial charge in [0.05, 0.1) is 0 Å². The van der Waals surface area contributed by atoms with Gasteiger partial charge in [-0.1, -0.05) is 40.5 Å². The fraction of sp³-hybridized carbons (Fsp3) is 0.500. The Bertz CT molecular complexity index is 363. The van der Waals surface area contributed by atoms with Gasteiger partial charge in [-0.2, -0.15) is 11.1 Å². The van der Waals surface area contributed by atoms with Crippen LogP contribution in [0.3, 0.4) is 0 Å². The normalized spacial score (nSPS) is 18.5.